The monoisotopic (exact) mass is 637 g/mol. The van der Waals surface area contributed by atoms with E-state index >= 15 is 0 Å². The van der Waals surface area contributed by atoms with E-state index in [9.17, 15) is 19.8 Å². The summed E-state index contributed by atoms with van der Waals surface area (Å²) >= 11 is 8.76. The third-order valence-corrected chi connectivity index (χ3v) is 8.68. The number of carboxylic acids is 1. The summed E-state index contributed by atoms with van der Waals surface area (Å²) in [6.07, 6.45) is 0.178. The van der Waals surface area contributed by atoms with E-state index in [-0.39, 0.29) is 25.5 Å². The van der Waals surface area contributed by atoms with Crippen LogP contribution in [0.4, 0.5) is 0 Å². The van der Waals surface area contributed by atoms with Gasteiger partial charge in [0.15, 0.2) is 0 Å². The molecule has 1 heterocycles. The number of carbonyl (C=O) groups excluding carboxylic acids is 1. The van der Waals surface area contributed by atoms with Gasteiger partial charge >= 0.3 is 5.97 Å². The summed E-state index contributed by atoms with van der Waals surface area (Å²) in [4.78, 5) is 29.4. The fraction of sp³-hybridized carbons (Fsp3) is 0.161. The first-order valence-electron chi connectivity index (χ1n) is 12.2. The van der Waals surface area contributed by atoms with E-state index in [0.29, 0.717) is 27.3 Å². The van der Waals surface area contributed by atoms with Crippen molar-refractivity contribution < 1.29 is 19.8 Å². The summed E-state index contributed by atoms with van der Waals surface area (Å²) in [6, 6.07) is 28.3. The summed E-state index contributed by atoms with van der Waals surface area (Å²) in [5, 5.41) is 21.3. The van der Waals surface area contributed by atoms with Crippen LogP contribution in [0.5, 0.6) is 0 Å². The third kappa shape index (κ3) is 4.61. The van der Waals surface area contributed by atoms with Crippen molar-refractivity contribution in [1.82, 2.24) is 4.90 Å². The maximum Gasteiger partial charge on any atom is 0.316 e. The van der Waals surface area contributed by atoms with Crippen molar-refractivity contribution in [2.75, 3.05) is 0 Å². The molecule has 2 atom stereocenters. The highest BCUT2D eigenvalue weighted by Crippen LogP contribution is 2.50. The average molecular weight is 638 g/mol. The lowest BCUT2D eigenvalue weighted by atomic mass is 9.63. The van der Waals surface area contributed by atoms with Gasteiger partial charge in [-0.3, -0.25) is 9.59 Å². The van der Waals surface area contributed by atoms with Crippen molar-refractivity contribution in [3.8, 4) is 0 Å². The predicted molar refractivity (Wildman–Crippen MR) is 155 cm³/mol. The molecule has 0 saturated heterocycles. The highest BCUT2D eigenvalue weighted by Gasteiger charge is 2.56. The largest absolute Gasteiger partial charge is 0.480 e. The zero-order valence-corrected chi connectivity index (χ0v) is 23.3. The van der Waals surface area contributed by atoms with Crippen LogP contribution in [0.2, 0.25) is 5.02 Å². The minimum Gasteiger partial charge on any atom is -0.480 e. The lowest BCUT2D eigenvalue weighted by Crippen LogP contribution is -2.56. The van der Waals surface area contributed by atoms with E-state index in [1.54, 1.807) is 47.4 Å². The molecule has 0 bridgehead atoms. The Bertz CT molecular complexity index is 1510. The van der Waals surface area contributed by atoms with E-state index in [2.05, 4.69) is 22.6 Å². The molecule has 1 aliphatic heterocycles. The van der Waals surface area contributed by atoms with Gasteiger partial charge in [0.2, 0.25) is 0 Å². The van der Waals surface area contributed by atoms with Crippen LogP contribution in [0.25, 0.3) is 0 Å². The van der Waals surface area contributed by atoms with Crippen LogP contribution >= 0.6 is 34.2 Å². The van der Waals surface area contributed by atoms with E-state index in [0.717, 1.165) is 14.7 Å². The molecule has 4 aromatic carbocycles. The molecule has 4 aromatic rings. The number of carbonyl (C=O) groups is 2. The number of aliphatic hydroxyl groups is 1. The standard InChI is InChI=1S/C31H25ClINO4/c32-26-11-5-1-8-23(26)18-34-28(21-15-13-20(19-35)14-16-21)31(30(37)38,17-22-7-2-6-12-27(22)33)25-10-4-3-9-24(25)29(34)36/h1-16,28,35H,17-19H2,(H,37,38)/t28-,31-/m0/s1. The molecule has 0 spiro atoms. The van der Waals surface area contributed by atoms with Gasteiger partial charge < -0.3 is 15.1 Å². The topological polar surface area (TPSA) is 77.8 Å². The van der Waals surface area contributed by atoms with Gasteiger partial charge in [-0.2, -0.15) is 0 Å². The van der Waals surface area contributed by atoms with Crippen LogP contribution < -0.4 is 0 Å². The Hall–Kier alpha value is -3.20. The minimum absolute atomic E-state index is 0.137. The van der Waals surface area contributed by atoms with Crippen LogP contribution in [0, 0.1) is 3.57 Å². The summed E-state index contributed by atoms with van der Waals surface area (Å²) in [5.74, 6) is -1.27. The van der Waals surface area contributed by atoms with Gasteiger partial charge in [0.1, 0.15) is 5.41 Å². The van der Waals surface area contributed by atoms with Gasteiger partial charge in [-0.1, -0.05) is 90.5 Å². The highest BCUT2D eigenvalue weighted by molar-refractivity contribution is 14.1. The van der Waals surface area contributed by atoms with E-state index in [1.165, 1.54) is 0 Å². The Morgan fingerprint density at radius 1 is 0.895 bits per heavy atom. The molecule has 5 nitrogen and oxygen atoms in total. The minimum atomic E-state index is -1.49. The number of aliphatic carboxylic acids is 1. The van der Waals surface area contributed by atoms with Crippen LogP contribution in [0.3, 0.4) is 0 Å². The van der Waals surface area contributed by atoms with E-state index in [4.69, 9.17) is 11.6 Å². The molecule has 38 heavy (non-hydrogen) atoms. The molecule has 0 saturated carbocycles. The van der Waals surface area contributed by atoms with Crippen LogP contribution in [-0.4, -0.2) is 27.0 Å². The number of hydrogen-bond acceptors (Lipinski definition) is 3. The molecule has 7 heteroatoms. The second kappa shape index (κ2) is 10.9. The molecule has 0 aromatic heterocycles. The Balaban J connectivity index is 1.81. The van der Waals surface area contributed by atoms with Gasteiger partial charge in [0, 0.05) is 20.7 Å². The molecule has 1 aliphatic rings. The average Bonchev–Trinajstić information content (AvgIpc) is 2.93. The lowest BCUT2D eigenvalue weighted by molar-refractivity contribution is -0.147. The summed E-state index contributed by atoms with van der Waals surface area (Å²) in [5.41, 5.74) is 2.35. The van der Waals surface area contributed by atoms with Crippen molar-refractivity contribution >= 4 is 46.1 Å². The highest BCUT2D eigenvalue weighted by atomic mass is 127. The van der Waals surface area contributed by atoms with Gasteiger partial charge in [-0.15, -0.1) is 0 Å². The molecular weight excluding hydrogens is 613 g/mol. The summed E-state index contributed by atoms with van der Waals surface area (Å²) in [6.45, 7) is 0.00248. The molecule has 0 fully saturated rings. The molecular formula is C31H25ClINO4. The van der Waals surface area contributed by atoms with Gasteiger partial charge in [-0.25, -0.2) is 0 Å². The molecule has 192 valence electrons. The summed E-state index contributed by atoms with van der Waals surface area (Å²) < 4.78 is 0.951. The Labute approximate surface area is 239 Å². The number of nitrogens with zero attached hydrogens (tertiary/aromatic N) is 1. The van der Waals surface area contributed by atoms with Crippen LogP contribution in [0.15, 0.2) is 97.1 Å². The SMILES string of the molecule is O=C1c2ccccc2[C@](Cc2ccccc2I)(C(=O)O)[C@H](c2ccc(CO)cc2)N1Cc1ccccc1Cl. The van der Waals surface area contributed by atoms with Crippen LogP contribution in [-0.2, 0) is 29.8 Å². The normalized spacial score (nSPS) is 18.8. The second-order valence-corrected chi connectivity index (χ2v) is 11.0. The Kier molecular flexibility index (Phi) is 7.56. The molecule has 0 unspecified atom stereocenters. The molecule has 0 aliphatic carbocycles. The molecule has 1 amide bonds. The number of carboxylic acid groups (broad SMARTS) is 1. The number of fused-ring (bicyclic) bond motifs is 1. The summed E-state index contributed by atoms with van der Waals surface area (Å²) in [7, 11) is 0. The third-order valence-electron chi connectivity index (χ3n) is 7.26. The van der Waals surface area contributed by atoms with Crippen molar-refractivity contribution in [2.24, 2.45) is 0 Å². The Morgan fingerprint density at radius 2 is 1.53 bits per heavy atom. The van der Waals surface area contributed by atoms with Crippen molar-refractivity contribution in [1.29, 1.82) is 0 Å². The zero-order chi connectivity index (χ0) is 26.9. The van der Waals surface area contributed by atoms with E-state index in [1.807, 2.05) is 54.6 Å². The first-order chi connectivity index (χ1) is 18.4. The first-order valence-corrected chi connectivity index (χ1v) is 13.6. The zero-order valence-electron chi connectivity index (χ0n) is 20.4. The number of hydrogen-bond donors (Lipinski definition) is 2. The molecule has 5 rings (SSSR count). The fourth-order valence-corrected chi connectivity index (χ4v) is 6.20. The number of rotatable bonds is 7. The number of amides is 1. The molecule has 0 radical (unpaired) electrons. The lowest BCUT2D eigenvalue weighted by Gasteiger charge is -2.49. The fourth-order valence-electron chi connectivity index (χ4n) is 5.43. The maximum absolute atomic E-state index is 14.1. The van der Waals surface area contributed by atoms with E-state index < -0.39 is 17.4 Å². The predicted octanol–water partition coefficient (Wildman–Crippen LogP) is 6.40. The van der Waals surface area contributed by atoms with Crippen molar-refractivity contribution in [3.63, 3.8) is 0 Å². The molecule has 2 N–H and O–H groups in total. The Morgan fingerprint density at radius 3 is 2.18 bits per heavy atom. The second-order valence-electron chi connectivity index (χ2n) is 9.42. The first kappa shape index (κ1) is 26.4. The number of benzene rings is 4. The van der Waals surface area contributed by atoms with Gasteiger partial charge in [0.05, 0.1) is 12.6 Å². The van der Waals surface area contributed by atoms with Gasteiger partial charge in [-0.05, 0) is 75.0 Å². The smallest absolute Gasteiger partial charge is 0.316 e. The van der Waals surface area contributed by atoms with Crippen LogP contribution in [0.1, 0.15) is 44.2 Å². The van der Waals surface area contributed by atoms with Crippen molar-refractivity contribution in [3.05, 3.63) is 139 Å². The number of aliphatic hydroxyl groups excluding tert-OH is 1. The van der Waals surface area contributed by atoms with Gasteiger partial charge in [0.25, 0.3) is 5.91 Å². The maximum atomic E-state index is 14.1. The quantitative estimate of drug-likeness (QED) is 0.230. The van der Waals surface area contributed by atoms with Crippen molar-refractivity contribution in [2.45, 2.75) is 31.0 Å². The number of halogens is 2.